The van der Waals surface area contributed by atoms with Gasteiger partial charge in [0.1, 0.15) is 24.2 Å². The molecule has 0 amide bonds. The van der Waals surface area contributed by atoms with Crippen LogP contribution < -0.4 is 14.8 Å². The molecule has 0 spiro atoms. The van der Waals surface area contributed by atoms with Crippen molar-refractivity contribution in [1.82, 2.24) is 5.32 Å². The van der Waals surface area contributed by atoms with Gasteiger partial charge in [0.05, 0.1) is 7.11 Å². The van der Waals surface area contributed by atoms with E-state index in [4.69, 9.17) is 14.6 Å². The molecule has 0 aliphatic carbocycles. The number of hydrogen-bond acceptors (Lipinski definition) is 5. The van der Waals surface area contributed by atoms with Crippen molar-refractivity contribution in [3.63, 3.8) is 0 Å². The lowest BCUT2D eigenvalue weighted by Crippen LogP contribution is -2.41. The van der Waals surface area contributed by atoms with Crippen molar-refractivity contribution in [3.05, 3.63) is 24.3 Å². The minimum Gasteiger partial charge on any atom is -0.497 e. The average Bonchev–Trinajstić information content (AvgIpc) is 2.44. The summed E-state index contributed by atoms with van der Waals surface area (Å²) in [6.07, 6.45) is -8.11. The average molecular weight is 309 g/mol. The molecule has 2 unspecified atom stereocenters. The van der Waals surface area contributed by atoms with Gasteiger partial charge in [0.2, 0.25) is 0 Å². The number of rotatable bonds is 8. The third kappa shape index (κ3) is 6.65. The quantitative estimate of drug-likeness (QED) is 0.667. The maximum Gasteiger partial charge on any atom is 0.415 e. The number of methoxy groups -OCH3 is 1. The predicted octanol–water partition coefficient (Wildman–Crippen LogP) is 0.948. The smallest absolute Gasteiger partial charge is 0.415 e. The van der Waals surface area contributed by atoms with Gasteiger partial charge in [0, 0.05) is 13.1 Å². The molecule has 2 atom stereocenters. The summed E-state index contributed by atoms with van der Waals surface area (Å²) in [4.78, 5) is 0. The van der Waals surface area contributed by atoms with Gasteiger partial charge in [-0.1, -0.05) is 0 Å². The monoisotopic (exact) mass is 309 g/mol. The Balaban J connectivity index is 2.23. The normalized spacial score (nSPS) is 14.6. The summed E-state index contributed by atoms with van der Waals surface area (Å²) >= 11 is 0. The summed E-state index contributed by atoms with van der Waals surface area (Å²) in [6.45, 7) is -0.881. The number of alkyl halides is 3. The van der Waals surface area contributed by atoms with Crippen LogP contribution in [0, 0.1) is 0 Å². The summed E-state index contributed by atoms with van der Waals surface area (Å²) < 4.78 is 46.3. The number of hydrogen-bond donors (Lipinski definition) is 3. The minimum absolute atomic E-state index is 0.0819. The third-order valence-electron chi connectivity index (χ3n) is 2.60. The number of nitrogens with one attached hydrogen (secondary N) is 1. The standard InChI is InChI=1S/C13H18F3NO4/c1-20-10-2-4-11(5-3-10)21-8-9(18)6-17-7-12(19)13(14,15)16/h2-5,9,12,17-19H,6-8H2,1H3. The zero-order valence-corrected chi connectivity index (χ0v) is 11.4. The molecule has 5 nitrogen and oxygen atoms in total. The molecule has 1 aromatic rings. The highest BCUT2D eigenvalue weighted by atomic mass is 19.4. The molecule has 0 aliphatic rings. The Morgan fingerprint density at radius 1 is 1.10 bits per heavy atom. The molecule has 0 aromatic heterocycles. The lowest BCUT2D eigenvalue weighted by Gasteiger charge is -2.17. The molecule has 8 heteroatoms. The second kappa shape index (κ2) is 8.06. The number of ether oxygens (including phenoxy) is 2. The lowest BCUT2D eigenvalue weighted by molar-refractivity contribution is -0.202. The Bertz CT molecular complexity index is 411. The molecule has 21 heavy (non-hydrogen) atoms. The Morgan fingerprint density at radius 2 is 1.67 bits per heavy atom. The SMILES string of the molecule is COc1ccc(OCC(O)CNCC(O)C(F)(F)F)cc1. The topological polar surface area (TPSA) is 71.0 Å². The molecular formula is C13H18F3NO4. The van der Waals surface area contributed by atoms with Gasteiger partial charge in [-0.2, -0.15) is 13.2 Å². The van der Waals surface area contributed by atoms with Crippen molar-refractivity contribution in [2.75, 3.05) is 26.8 Å². The van der Waals surface area contributed by atoms with E-state index in [9.17, 15) is 18.3 Å². The highest BCUT2D eigenvalue weighted by molar-refractivity contribution is 5.31. The Labute approximate surface area is 120 Å². The molecule has 1 rings (SSSR count). The molecule has 0 radical (unpaired) electrons. The molecule has 120 valence electrons. The van der Waals surface area contributed by atoms with E-state index in [1.807, 2.05) is 0 Å². The van der Waals surface area contributed by atoms with Crippen molar-refractivity contribution >= 4 is 0 Å². The van der Waals surface area contributed by atoms with E-state index in [1.165, 1.54) is 7.11 Å². The van der Waals surface area contributed by atoms with Gasteiger partial charge in [0.15, 0.2) is 6.10 Å². The van der Waals surface area contributed by atoms with Crippen LogP contribution in [-0.4, -0.2) is 55.4 Å². The Morgan fingerprint density at radius 3 is 2.19 bits per heavy atom. The Hall–Kier alpha value is -1.51. The highest BCUT2D eigenvalue weighted by Crippen LogP contribution is 2.19. The predicted molar refractivity (Wildman–Crippen MR) is 69.4 cm³/mol. The largest absolute Gasteiger partial charge is 0.497 e. The van der Waals surface area contributed by atoms with Crippen LogP contribution in [0.5, 0.6) is 11.5 Å². The van der Waals surface area contributed by atoms with Crippen LogP contribution in [0.3, 0.4) is 0 Å². The summed E-state index contributed by atoms with van der Waals surface area (Å²) in [5.74, 6) is 1.16. The Kier molecular flexibility index (Phi) is 6.73. The second-order valence-corrected chi connectivity index (χ2v) is 4.36. The molecule has 0 heterocycles. The zero-order chi connectivity index (χ0) is 15.9. The molecular weight excluding hydrogens is 291 g/mol. The fourth-order valence-electron chi connectivity index (χ4n) is 1.43. The van der Waals surface area contributed by atoms with E-state index in [0.717, 1.165) is 0 Å². The first-order valence-corrected chi connectivity index (χ1v) is 6.23. The molecule has 1 aromatic carbocycles. The van der Waals surface area contributed by atoms with E-state index in [1.54, 1.807) is 24.3 Å². The van der Waals surface area contributed by atoms with Gasteiger partial charge in [-0.25, -0.2) is 0 Å². The van der Waals surface area contributed by atoms with Crippen molar-refractivity contribution in [2.45, 2.75) is 18.4 Å². The van der Waals surface area contributed by atoms with Gasteiger partial charge in [-0.3, -0.25) is 0 Å². The van der Waals surface area contributed by atoms with Crippen LogP contribution in [0.2, 0.25) is 0 Å². The minimum atomic E-state index is -4.67. The van der Waals surface area contributed by atoms with Crippen molar-refractivity contribution in [3.8, 4) is 11.5 Å². The molecule has 3 N–H and O–H groups in total. The van der Waals surface area contributed by atoms with Crippen molar-refractivity contribution < 1.29 is 32.9 Å². The van der Waals surface area contributed by atoms with Gasteiger partial charge < -0.3 is 25.0 Å². The molecule has 0 aliphatic heterocycles. The first-order chi connectivity index (χ1) is 9.82. The van der Waals surface area contributed by atoms with E-state index >= 15 is 0 Å². The van der Waals surface area contributed by atoms with E-state index in [2.05, 4.69) is 5.32 Å². The fourth-order valence-corrected chi connectivity index (χ4v) is 1.43. The van der Waals surface area contributed by atoms with E-state index in [0.29, 0.717) is 11.5 Å². The first-order valence-electron chi connectivity index (χ1n) is 6.23. The number of benzene rings is 1. The van der Waals surface area contributed by atoms with Crippen LogP contribution in [0.4, 0.5) is 13.2 Å². The van der Waals surface area contributed by atoms with Crippen LogP contribution in [-0.2, 0) is 0 Å². The summed E-state index contributed by atoms with van der Waals surface area (Å²) in [7, 11) is 1.53. The third-order valence-corrected chi connectivity index (χ3v) is 2.60. The molecule has 0 saturated heterocycles. The molecule has 0 fully saturated rings. The van der Waals surface area contributed by atoms with Crippen LogP contribution >= 0.6 is 0 Å². The lowest BCUT2D eigenvalue weighted by atomic mass is 10.3. The highest BCUT2D eigenvalue weighted by Gasteiger charge is 2.37. The summed E-state index contributed by atoms with van der Waals surface area (Å²) in [5.41, 5.74) is 0. The second-order valence-electron chi connectivity index (χ2n) is 4.36. The van der Waals surface area contributed by atoms with Crippen LogP contribution in [0.1, 0.15) is 0 Å². The summed E-state index contributed by atoms with van der Waals surface area (Å²) in [5, 5.41) is 20.6. The van der Waals surface area contributed by atoms with Gasteiger partial charge in [-0.15, -0.1) is 0 Å². The zero-order valence-electron chi connectivity index (χ0n) is 11.4. The van der Waals surface area contributed by atoms with E-state index < -0.39 is 24.9 Å². The van der Waals surface area contributed by atoms with Gasteiger partial charge in [0.25, 0.3) is 0 Å². The maximum absolute atomic E-state index is 12.0. The first kappa shape index (κ1) is 17.5. The number of halogens is 3. The number of aliphatic hydroxyl groups is 2. The summed E-state index contributed by atoms with van der Waals surface area (Å²) in [6, 6.07) is 6.65. The fraction of sp³-hybridized carbons (Fsp3) is 0.538. The van der Waals surface area contributed by atoms with Crippen LogP contribution in [0.25, 0.3) is 0 Å². The van der Waals surface area contributed by atoms with Gasteiger partial charge in [-0.05, 0) is 24.3 Å². The maximum atomic E-state index is 12.0. The molecule has 0 bridgehead atoms. The number of aliphatic hydroxyl groups excluding tert-OH is 2. The van der Waals surface area contributed by atoms with Crippen molar-refractivity contribution in [1.29, 1.82) is 0 Å². The molecule has 0 saturated carbocycles. The van der Waals surface area contributed by atoms with Crippen molar-refractivity contribution in [2.24, 2.45) is 0 Å². The van der Waals surface area contributed by atoms with Gasteiger partial charge >= 0.3 is 6.18 Å². The van der Waals surface area contributed by atoms with E-state index in [-0.39, 0.29) is 13.2 Å². The van der Waals surface area contributed by atoms with Crippen LogP contribution in [0.15, 0.2) is 24.3 Å².